The maximum absolute atomic E-state index is 13.5. The van der Waals surface area contributed by atoms with Gasteiger partial charge in [-0.3, -0.25) is 0 Å². The zero-order chi connectivity index (χ0) is 23.2. The van der Waals surface area contributed by atoms with Crippen molar-refractivity contribution in [1.29, 1.82) is 0 Å². The first kappa shape index (κ1) is 21.1. The van der Waals surface area contributed by atoms with E-state index in [2.05, 4.69) is 10.3 Å². The third kappa shape index (κ3) is 3.84. The average molecular weight is 449 g/mol. The Bertz CT molecular complexity index is 1320. The van der Waals surface area contributed by atoms with Crippen LogP contribution in [0.25, 0.3) is 10.9 Å². The Balaban J connectivity index is 1.57. The number of alkyl halides is 3. The number of aromatic nitrogens is 1. The summed E-state index contributed by atoms with van der Waals surface area (Å²) in [6, 6.07) is 19.9. The van der Waals surface area contributed by atoms with Crippen molar-refractivity contribution < 1.29 is 18.0 Å². The Morgan fingerprint density at radius 3 is 2.45 bits per heavy atom. The summed E-state index contributed by atoms with van der Waals surface area (Å²) in [5, 5.41) is 3.62. The number of amides is 2. The van der Waals surface area contributed by atoms with Crippen LogP contribution in [0.3, 0.4) is 0 Å². The van der Waals surface area contributed by atoms with Gasteiger partial charge >= 0.3 is 12.2 Å². The number of halogens is 3. The van der Waals surface area contributed by atoms with E-state index in [9.17, 15) is 18.0 Å². The van der Waals surface area contributed by atoms with Crippen molar-refractivity contribution >= 4 is 22.6 Å². The lowest BCUT2D eigenvalue weighted by Gasteiger charge is -2.36. The number of carbonyl (C=O) groups is 1. The van der Waals surface area contributed by atoms with Crippen LogP contribution in [-0.4, -0.2) is 22.5 Å². The number of H-pyrrole nitrogens is 1. The van der Waals surface area contributed by atoms with Gasteiger partial charge in [0.1, 0.15) is 0 Å². The molecule has 1 aliphatic heterocycles. The van der Waals surface area contributed by atoms with E-state index in [1.807, 2.05) is 55.5 Å². The molecule has 168 valence electrons. The number of nitrogens with zero attached hydrogens (tertiary/aromatic N) is 1. The van der Waals surface area contributed by atoms with Crippen molar-refractivity contribution in [3.05, 3.63) is 101 Å². The Morgan fingerprint density at radius 2 is 1.70 bits per heavy atom. The molecule has 0 spiro atoms. The maximum atomic E-state index is 13.5. The highest BCUT2D eigenvalue weighted by molar-refractivity contribution is 5.92. The molecule has 4 nitrogen and oxygen atoms in total. The Kier molecular flexibility index (Phi) is 5.12. The van der Waals surface area contributed by atoms with Gasteiger partial charge in [0, 0.05) is 23.1 Å². The minimum Gasteiger partial charge on any atom is -0.356 e. The van der Waals surface area contributed by atoms with Gasteiger partial charge in [-0.1, -0.05) is 60.2 Å². The molecule has 0 fully saturated rings. The fourth-order valence-corrected chi connectivity index (χ4v) is 4.58. The number of benzene rings is 3. The first-order valence-electron chi connectivity index (χ1n) is 10.7. The van der Waals surface area contributed by atoms with Crippen LogP contribution in [0.2, 0.25) is 0 Å². The molecule has 0 saturated heterocycles. The highest BCUT2D eigenvalue weighted by Crippen LogP contribution is 2.40. The molecule has 0 saturated carbocycles. The molecule has 5 rings (SSSR count). The van der Waals surface area contributed by atoms with Crippen LogP contribution in [0.4, 0.5) is 23.7 Å². The number of hydrogen-bond donors (Lipinski definition) is 2. The van der Waals surface area contributed by atoms with E-state index < -0.39 is 23.8 Å². The summed E-state index contributed by atoms with van der Waals surface area (Å²) in [6.45, 7) is 2.37. The lowest BCUT2D eigenvalue weighted by Crippen LogP contribution is -2.43. The molecule has 33 heavy (non-hydrogen) atoms. The van der Waals surface area contributed by atoms with Crippen molar-refractivity contribution in [2.45, 2.75) is 25.6 Å². The smallest absolute Gasteiger partial charge is 0.356 e. The molecule has 0 aliphatic carbocycles. The van der Waals surface area contributed by atoms with Gasteiger partial charge in [-0.15, -0.1) is 0 Å². The molecule has 1 aliphatic rings. The summed E-state index contributed by atoms with van der Waals surface area (Å²) in [5.41, 5.74) is 3.87. The molecule has 2 heterocycles. The molecular weight excluding hydrogens is 427 g/mol. The number of rotatable bonds is 2. The van der Waals surface area contributed by atoms with Crippen molar-refractivity contribution in [3.63, 3.8) is 0 Å². The number of fused-ring (bicyclic) bond motifs is 3. The predicted octanol–water partition coefficient (Wildman–Crippen LogP) is 6.67. The quantitative estimate of drug-likeness (QED) is 0.353. The van der Waals surface area contributed by atoms with Crippen molar-refractivity contribution in [1.82, 2.24) is 9.88 Å². The highest BCUT2D eigenvalue weighted by Gasteiger charge is 2.37. The van der Waals surface area contributed by atoms with Gasteiger partial charge in [0.05, 0.1) is 17.3 Å². The summed E-state index contributed by atoms with van der Waals surface area (Å²) in [6.07, 6.45) is -3.96. The second kappa shape index (κ2) is 7.99. The number of aryl methyl sites for hydroxylation is 1. The summed E-state index contributed by atoms with van der Waals surface area (Å²) >= 11 is 0. The van der Waals surface area contributed by atoms with E-state index >= 15 is 0 Å². The second-order valence-corrected chi connectivity index (χ2v) is 8.29. The number of anilines is 1. The number of hydrogen-bond acceptors (Lipinski definition) is 1. The van der Waals surface area contributed by atoms with E-state index in [1.165, 1.54) is 18.2 Å². The molecule has 0 radical (unpaired) electrons. The van der Waals surface area contributed by atoms with Crippen molar-refractivity contribution in [3.8, 4) is 0 Å². The van der Waals surface area contributed by atoms with Crippen LogP contribution in [0.5, 0.6) is 0 Å². The van der Waals surface area contributed by atoms with Gasteiger partial charge in [0.15, 0.2) is 0 Å². The summed E-state index contributed by atoms with van der Waals surface area (Å²) < 4.78 is 40.4. The number of carbonyl (C=O) groups excluding carboxylic acids is 1. The van der Waals surface area contributed by atoms with Crippen LogP contribution in [-0.2, 0) is 12.6 Å². The van der Waals surface area contributed by atoms with Gasteiger partial charge in [-0.25, -0.2) is 4.79 Å². The summed E-state index contributed by atoms with van der Waals surface area (Å²) in [4.78, 5) is 18.4. The van der Waals surface area contributed by atoms with E-state index in [1.54, 1.807) is 4.90 Å². The molecule has 0 bridgehead atoms. The van der Waals surface area contributed by atoms with Crippen LogP contribution in [0.1, 0.15) is 34.0 Å². The second-order valence-electron chi connectivity index (χ2n) is 8.29. The van der Waals surface area contributed by atoms with Crippen LogP contribution in [0, 0.1) is 6.92 Å². The monoisotopic (exact) mass is 449 g/mol. The van der Waals surface area contributed by atoms with Gasteiger partial charge in [-0.05, 0) is 42.7 Å². The number of aromatic amines is 1. The van der Waals surface area contributed by atoms with Crippen molar-refractivity contribution in [2.75, 3.05) is 11.9 Å². The first-order valence-corrected chi connectivity index (χ1v) is 10.7. The Labute approximate surface area is 189 Å². The first-order chi connectivity index (χ1) is 15.8. The van der Waals surface area contributed by atoms with Gasteiger partial charge in [0.25, 0.3) is 0 Å². The van der Waals surface area contributed by atoms with Gasteiger partial charge in [-0.2, -0.15) is 13.2 Å². The third-order valence-corrected chi connectivity index (χ3v) is 6.16. The lowest BCUT2D eigenvalue weighted by molar-refractivity contribution is -0.136. The minimum absolute atomic E-state index is 0.250. The summed E-state index contributed by atoms with van der Waals surface area (Å²) in [7, 11) is 0. The maximum Gasteiger partial charge on any atom is 0.418 e. The average Bonchev–Trinajstić information content (AvgIpc) is 3.17. The van der Waals surface area contributed by atoms with Crippen LogP contribution in [0.15, 0.2) is 72.8 Å². The van der Waals surface area contributed by atoms with Crippen LogP contribution < -0.4 is 5.32 Å². The third-order valence-electron chi connectivity index (χ3n) is 6.16. The normalized spacial score (nSPS) is 16.0. The topological polar surface area (TPSA) is 48.1 Å². The lowest BCUT2D eigenvalue weighted by atomic mass is 9.92. The molecule has 3 aromatic carbocycles. The van der Waals surface area contributed by atoms with Crippen molar-refractivity contribution in [2.24, 2.45) is 0 Å². The molecule has 7 heteroatoms. The van der Waals surface area contributed by atoms with E-state index in [-0.39, 0.29) is 5.69 Å². The molecule has 1 aromatic heterocycles. The number of para-hydroxylation sites is 2. The molecule has 1 atom stereocenters. The summed E-state index contributed by atoms with van der Waals surface area (Å²) in [5.74, 6) is 0. The molecule has 2 N–H and O–H groups in total. The van der Waals surface area contributed by atoms with E-state index in [0.717, 1.165) is 39.4 Å². The fourth-order valence-electron chi connectivity index (χ4n) is 4.58. The Hall–Kier alpha value is -3.74. The zero-order valence-corrected chi connectivity index (χ0v) is 17.9. The number of nitrogens with one attached hydrogen (secondary N) is 2. The zero-order valence-electron chi connectivity index (χ0n) is 17.9. The van der Waals surface area contributed by atoms with E-state index in [4.69, 9.17) is 0 Å². The van der Waals surface area contributed by atoms with Gasteiger partial charge in [0.2, 0.25) is 0 Å². The highest BCUT2D eigenvalue weighted by atomic mass is 19.4. The predicted molar refractivity (Wildman–Crippen MR) is 122 cm³/mol. The number of urea groups is 1. The molecule has 2 amide bonds. The SMILES string of the molecule is Cc1ccc([C@@H]2c3[nH]c4ccccc4c3CCN2C(=O)Nc2ccccc2C(F)(F)F)cc1. The molecule has 4 aromatic rings. The van der Waals surface area contributed by atoms with E-state index in [0.29, 0.717) is 13.0 Å². The fraction of sp³-hybridized carbons (Fsp3) is 0.192. The standard InChI is InChI=1S/C26H22F3N3O/c1-16-10-12-17(13-11-16)24-23-19(18-6-2-4-8-21(18)30-23)14-15-32(24)25(33)31-22-9-5-3-7-20(22)26(27,28)29/h2-13,24,30H,14-15H2,1H3,(H,31,33)/t24-/m1/s1. The Morgan fingerprint density at radius 1 is 1.00 bits per heavy atom. The minimum atomic E-state index is -4.56. The van der Waals surface area contributed by atoms with Gasteiger partial charge < -0.3 is 15.2 Å². The largest absolute Gasteiger partial charge is 0.418 e. The molecular formula is C26H22F3N3O. The van der Waals surface area contributed by atoms with Crippen LogP contribution >= 0.6 is 0 Å². The molecule has 0 unspecified atom stereocenters.